The van der Waals surface area contributed by atoms with Crippen molar-refractivity contribution in [2.75, 3.05) is 44.2 Å². The molecule has 2 rings (SSSR count). The first-order valence-corrected chi connectivity index (χ1v) is 9.53. The van der Waals surface area contributed by atoms with Crippen LogP contribution in [0.3, 0.4) is 0 Å². The molecule has 6 heteroatoms. The Morgan fingerprint density at radius 3 is 2.52 bits per heavy atom. The molecule has 0 saturated carbocycles. The number of nitrogens with zero attached hydrogens (tertiary/aromatic N) is 4. The standard InChI is InChI=1S/C19H33N5O/c1-6-20-18(25)13-23-8-7-9-24(11-10-23)17-12-16(14(2)3)21-19(22-17)15(4)5/h12,14-15H,6-11,13H2,1-5H3,(H,20,25). The monoisotopic (exact) mass is 347 g/mol. The molecule has 0 aliphatic carbocycles. The Morgan fingerprint density at radius 2 is 1.88 bits per heavy atom. The molecule has 1 fully saturated rings. The Labute approximate surface area is 152 Å². The quantitative estimate of drug-likeness (QED) is 0.856. The smallest absolute Gasteiger partial charge is 0.234 e. The molecular weight excluding hydrogens is 314 g/mol. The van der Waals surface area contributed by atoms with E-state index in [0.29, 0.717) is 24.9 Å². The van der Waals surface area contributed by atoms with Crippen LogP contribution >= 0.6 is 0 Å². The zero-order valence-corrected chi connectivity index (χ0v) is 16.4. The molecule has 1 aliphatic heterocycles. The van der Waals surface area contributed by atoms with Gasteiger partial charge in [0, 0.05) is 50.4 Å². The lowest BCUT2D eigenvalue weighted by atomic mass is 10.1. The third-order valence-electron chi connectivity index (χ3n) is 4.51. The minimum Gasteiger partial charge on any atom is -0.355 e. The van der Waals surface area contributed by atoms with E-state index in [2.05, 4.69) is 48.9 Å². The molecule has 6 nitrogen and oxygen atoms in total. The Bertz CT molecular complexity index is 547. The number of carbonyl (C=O) groups is 1. The largest absolute Gasteiger partial charge is 0.355 e. The highest BCUT2D eigenvalue weighted by molar-refractivity contribution is 5.77. The maximum absolute atomic E-state index is 11.8. The van der Waals surface area contributed by atoms with Crippen molar-refractivity contribution < 1.29 is 4.79 Å². The van der Waals surface area contributed by atoms with Crippen molar-refractivity contribution in [2.45, 2.75) is 52.9 Å². The molecule has 140 valence electrons. The number of carbonyl (C=O) groups excluding carboxylic acids is 1. The number of likely N-dealkylation sites (N-methyl/N-ethyl adjacent to an activating group) is 1. The fourth-order valence-electron chi connectivity index (χ4n) is 3.00. The molecule has 1 amide bonds. The van der Waals surface area contributed by atoms with Gasteiger partial charge in [-0.05, 0) is 19.3 Å². The average Bonchev–Trinajstić information content (AvgIpc) is 2.80. The van der Waals surface area contributed by atoms with Crippen LogP contribution in [0.1, 0.15) is 64.4 Å². The van der Waals surface area contributed by atoms with E-state index in [4.69, 9.17) is 9.97 Å². The van der Waals surface area contributed by atoms with Crippen LogP contribution in [0.2, 0.25) is 0 Å². The van der Waals surface area contributed by atoms with Crippen LogP contribution in [0.5, 0.6) is 0 Å². The number of hydrogen-bond acceptors (Lipinski definition) is 5. The van der Waals surface area contributed by atoms with Gasteiger partial charge in [-0.1, -0.05) is 27.7 Å². The van der Waals surface area contributed by atoms with E-state index in [1.165, 1.54) is 0 Å². The Morgan fingerprint density at radius 1 is 1.12 bits per heavy atom. The number of nitrogens with one attached hydrogen (secondary N) is 1. The van der Waals surface area contributed by atoms with Gasteiger partial charge in [0.25, 0.3) is 0 Å². The zero-order valence-electron chi connectivity index (χ0n) is 16.4. The zero-order chi connectivity index (χ0) is 18.4. The molecule has 0 atom stereocenters. The second kappa shape index (κ2) is 9.13. The predicted molar refractivity (Wildman–Crippen MR) is 102 cm³/mol. The lowest BCUT2D eigenvalue weighted by Crippen LogP contribution is -2.39. The maximum atomic E-state index is 11.8. The third kappa shape index (κ3) is 5.66. The second-order valence-corrected chi connectivity index (χ2v) is 7.39. The molecule has 0 radical (unpaired) electrons. The topological polar surface area (TPSA) is 61.4 Å². The number of rotatable bonds is 6. The van der Waals surface area contributed by atoms with Crippen LogP contribution in [0.15, 0.2) is 6.07 Å². The van der Waals surface area contributed by atoms with Gasteiger partial charge in [-0.15, -0.1) is 0 Å². The molecule has 1 aromatic rings. The fraction of sp³-hybridized carbons (Fsp3) is 0.737. The third-order valence-corrected chi connectivity index (χ3v) is 4.51. The number of amides is 1. The van der Waals surface area contributed by atoms with Gasteiger partial charge in [0.2, 0.25) is 5.91 Å². The van der Waals surface area contributed by atoms with Crippen LogP contribution < -0.4 is 10.2 Å². The van der Waals surface area contributed by atoms with E-state index in [-0.39, 0.29) is 5.91 Å². The van der Waals surface area contributed by atoms with Crippen molar-refractivity contribution in [3.63, 3.8) is 0 Å². The molecular formula is C19H33N5O. The van der Waals surface area contributed by atoms with Gasteiger partial charge in [0.1, 0.15) is 11.6 Å². The molecule has 0 unspecified atom stereocenters. The van der Waals surface area contributed by atoms with Gasteiger partial charge >= 0.3 is 0 Å². The van der Waals surface area contributed by atoms with E-state index in [0.717, 1.165) is 49.9 Å². The molecule has 1 aliphatic rings. The molecule has 1 N–H and O–H groups in total. The minimum atomic E-state index is 0.113. The van der Waals surface area contributed by atoms with E-state index in [1.807, 2.05) is 6.92 Å². The summed E-state index contributed by atoms with van der Waals surface area (Å²) in [5.41, 5.74) is 1.11. The molecule has 1 saturated heterocycles. The molecule has 2 heterocycles. The van der Waals surface area contributed by atoms with Crippen LogP contribution in [-0.2, 0) is 4.79 Å². The Balaban J connectivity index is 2.10. The van der Waals surface area contributed by atoms with E-state index in [9.17, 15) is 4.79 Å². The van der Waals surface area contributed by atoms with Crippen molar-refractivity contribution in [1.82, 2.24) is 20.2 Å². The van der Waals surface area contributed by atoms with Gasteiger partial charge in [-0.25, -0.2) is 9.97 Å². The van der Waals surface area contributed by atoms with E-state index in [1.54, 1.807) is 0 Å². The molecule has 0 spiro atoms. The highest BCUT2D eigenvalue weighted by Gasteiger charge is 2.20. The van der Waals surface area contributed by atoms with E-state index < -0.39 is 0 Å². The highest BCUT2D eigenvalue weighted by atomic mass is 16.2. The summed E-state index contributed by atoms with van der Waals surface area (Å²) in [5, 5.41) is 2.88. The lowest BCUT2D eigenvalue weighted by molar-refractivity contribution is -0.122. The van der Waals surface area contributed by atoms with Crippen molar-refractivity contribution >= 4 is 11.7 Å². The molecule has 1 aromatic heterocycles. The summed E-state index contributed by atoms with van der Waals surface area (Å²) < 4.78 is 0. The Hall–Kier alpha value is -1.69. The molecule has 25 heavy (non-hydrogen) atoms. The van der Waals surface area contributed by atoms with Crippen molar-refractivity contribution in [1.29, 1.82) is 0 Å². The maximum Gasteiger partial charge on any atom is 0.234 e. The summed E-state index contributed by atoms with van der Waals surface area (Å²) in [6.07, 6.45) is 1.04. The summed E-state index contributed by atoms with van der Waals surface area (Å²) in [6.45, 7) is 15.5. The first-order valence-electron chi connectivity index (χ1n) is 9.53. The van der Waals surface area contributed by atoms with Gasteiger partial charge in [0.05, 0.1) is 6.54 Å². The second-order valence-electron chi connectivity index (χ2n) is 7.39. The summed E-state index contributed by atoms with van der Waals surface area (Å²) in [4.78, 5) is 25.9. The van der Waals surface area contributed by atoms with Crippen LogP contribution in [0.4, 0.5) is 5.82 Å². The van der Waals surface area contributed by atoms with Gasteiger partial charge < -0.3 is 10.2 Å². The fourth-order valence-corrected chi connectivity index (χ4v) is 3.00. The lowest BCUT2D eigenvalue weighted by Gasteiger charge is -2.24. The summed E-state index contributed by atoms with van der Waals surface area (Å²) in [5.74, 6) is 2.77. The summed E-state index contributed by atoms with van der Waals surface area (Å²) in [7, 11) is 0. The first kappa shape index (κ1) is 19.6. The first-order chi connectivity index (χ1) is 11.9. The van der Waals surface area contributed by atoms with Crippen LogP contribution in [-0.4, -0.2) is 60.0 Å². The van der Waals surface area contributed by atoms with Crippen molar-refractivity contribution in [3.8, 4) is 0 Å². The SMILES string of the molecule is CCNC(=O)CN1CCCN(c2cc(C(C)C)nc(C(C)C)n2)CC1. The van der Waals surface area contributed by atoms with Crippen LogP contribution in [0, 0.1) is 0 Å². The highest BCUT2D eigenvalue weighted by Crippen LogP contribution is 2.22. The van der Waals surface area contributed by atoms with Gasteiger partial charge in [0.15, 0.2) is 0 Å². The van der Waals surface area contributed by atoms with Crippen LogP contribution in [0.25, 0.3) is 0 Å². The summed E-state index contributed by atoms with van der Waals surface area (Å²) >= 11 is 0. The van der Waals surface area contributed by atoms with Crippen molar-refractivity contribution in [3.05, 3.63) is 17.6 Å². The number of anilines is 1. The Kier molecular flexibility index (Phi) is 7.17. The normalized spacial score (nSPS) is 16.4. The predicted octanol–water partition coefficient (Wildman–Crippen LogP) is 2.37. The number of aromatic nitrogens is 2. The summed E-state index contributed by atoms with van der Waals surface area (Å²) in [6, 6.07) is 2.13. The molecule has 0 aromatic carbocycles. The van der Waals surface area contributed by atoms with Gasteiger partial charge in [-0.3, -0.25) is 9.69 Å². The molecule has 0 bridgehead atoms. The number of hydrogen-bond donors (Lipinski definition) is 1. The van der Waals surface area contributed by atoms with E-state index >= 15 is 0 Å². The average molecular weight is 348 g/mol. The minimum absolute atomic E-state index is 0.113. The van der Waals surface area contributed by atoms with Crippen molar-refractivity contribution in [2.24, 2.45) is 0 Å². The van der Waals surface area contributed by atoms with Gasteiger partial charge in [-0.2, -0.15) is 0 Å².